The van der Waals surface area contributed by atoms with Gasteiger partial charge in [-0.25, -0.2) is 8.42 Å². The summed E-state index contributed by atoms with van der Waals surface area (Å²) < 4.78 is 23.1. The van der Waals surface area contributed by atoms with Crippen molar-refractivity contribution in [3.05, 3.63) is 58.6 Å². The van der Waals surface area contributed by atoms with E-state index < -0.39 is 15.0 Å². The second-order valence-corrected chi connectivity index (χ2v) is 7.42. The lowest BCUT2D eigenvalue weighted by Crippen LogP contribution is -2.12. The summed E-state index contributed by atoms with van der Waals surface area (Å²) in [6, 6.07) is 12.9. The average molecular weight is 375 g/mol. The fraction of sp³-hybridized carbons (Fsp3) is 0. The highest BCUT2D eigenvalue weighted by Gasteiger charge is 2.15. The van der Waals surface area contributed by atoms with E-state index in [1.807, 2.05) is 6.07 Å². The van der Waals surface area contributed by atoms with Gasteiger partial charge in [0.2, 0.25) is 0 Å². The third-order valence-corrected chi connectivity index (χ3v) is 4.24. The molecule has 0 aliphatic heterocycles. The summed E-state index contributed by atoms with van der Waals surface area (Å²) >= 11 is 3.16. The molecule has 0 atom stereocenters. The molecule has 1 amide bonds. The van der Waals surface area contributed by atoms with Crippen molar-refractivity contribution in [3.63, 3.8) is 0 Å². The molecular formula is C13H9BrClNO3S. The molecule has 104 valence electrons. The van der Waals surface area contributed by atoms with Gasteiger partial charge >= 0.3 is 0 Å². The monoisotopic (exact) mass is 373 g/mol. The van der Waals surface area contributed by atoms with E-state index in [0.29, 0.717) is 10.2 Å². The van der Waals surface area contributed by atoms with Crippen LogP contribution < -0.4 is 5.32 Å². The van der Waals surface area contributed by atoms with E-state index in [-0.39, 0.29) is 10.5 Å². The van der Waals surface area contributed by atoms with Crippen molar-refractivity contribution >= 4 is 47.3 Å². The molecule has 0 saturated carbocycles. The molecule has 0 unspecified atom stereocenters. The average Bonchev–Trinajstić information content (AvgIpc) is 2.38. The number of amides is 1. The molecule has 20 heavy (non-hydrogen) atoms. The molecule has 0 fully saturated rings. The highest BCUT2D eigenvalue weighted by molar-refractivity contribution is 9.10. The number of benzene rings is 2. The zero-order valence-electron chi connectivity index (χ0n) is 10.0. The van der Waals surface area contributed by atoms with Gasteiger partial charge in [0.1, 0.15) is 0 Å². The minimum atomic E-state index is -3.89. The van der Waals surface area contributed by atoms with E-state index in [4.69, 9.17) is 10.7 Å². The molecule has 0 aliphatic carbocycles. The maximum absolute atomic E-state index is 12.1. The first kappa shape index (κ1) is 15.0. The van der Waals surface area contributed by atoms with Crippen molar-refractivity contribution in [2.45, 2.75) is 4.90 Å². The van der Waals surface area contributed by atoms with E-state index in [1.54, 1.807) is 24.3 Å². The van der Waals surface area contributed by atoms with Crippen LogP contribution in [0, 0.1) is 0 Å². The summed E-state index contributed by atoms with van der Waals surface area (Å²) in [6.45, 7) is 0. The number of carbonyl (C=O) groups excluding carboxylic acids is 1. The number of halogens is 2. The summed E-state index contributed by atoms with van der Waals surface area (Å²) in [6.07, 6.45) is 0. The fourth-order valence-electron chi connectivity index (χ4n) is 1.56. The Morgan fingerprint density at radius 3 is 2.35 bits per heavy atom. The van der Waals surface area contributed by atoms with Gasteiger partial charge in [-0.05, 0) is 30.3 Å². The molecule has 0 radical (unpaired) electrons. The molecule has 2 aromatic rings. The Morgan fingerprint density at radius 1 is 1.10 bits per heavy atom. The molecule has 4 nitrogen and oxygen atoms in total. The van der Waals surface area contributed by atoms with Gasteiger partial charge in [-0.15, -0.1) is 0 Å². The first-order valence-electron chi connectivity index (χ1n) is 5.48. The van der Waals surface area contributed by atoms with Crippen LogP contribution in [0.2, 0.25) is 0 Å². The SMILES string of the molecule is O=C(Nc1ccccc1)c1cc(Br)cc(S(=O)(=O)Cl)c1. The molecular weight excluding hydrogens is 366 g/mol. The molecule has 0 spiro atoms. The smallest absolute Gasteiger partial charge is 0.261 e. The van der Waals surface area contributed by atoms with E-state index >= 15 is 0 Å². The molecule has 0 heterocycles. The minimum absolute atomic E-state index is 0.133. The molecule has 1 N–H and O–H groups in total. The Balaban J connectivity index is 2.33. The summed E-state index contributed by atoms with van der Waals surface area (Å²) in [5.74, 6) is -0.418. The van der Waals surface area contributed by atoms with Crippen LogP contribution in [-0.2, 0) is 9.05 Å². The summed E-state index contributed by atoms with van der Waals surface area (Å²) in [4.78, 5) is 11.9. The van der Waals surface area contributed by atoms with Crippen LogP contribution in [-0.4, -0.2) is 14.3 Å². The van der Waals surface area contributed by atoms with Crippen molar-refractivity contribution < 1.29 is 13.2 Å². The quantitative estimate of drug-likeness (QED) is 0.835. The molecule has 7 heteroatoms. The fourth-order valence-corrected chi connectivity index (χ4v) is 3.01. The van der Waals surface area contributed by atoms with Gasteiger partial charge in [0, 0.05) is 26.4 Å². The second kappa shape index (κ2) is 5.95. The van der Waals surface area contributed by atoms with Crippen LogP contribution in [0.25, 0.3) is 0 Å². The number of carbonyl (C=O) groups is 1. The maximum atomic E-state index is 12.1. The van der Waals surface area contributed by atoms with Crippen LogP contribution in [0.3, 0.4) is 0 Å². The molecule has 0 aromatic heterocycles. The van der Waals surface area contributed by atoms with Crippen LogP contribution in [0.15, 0.2) is 57.9 Å². The third-order valence-electron chi connectivity index (χ3n) is 2.45. The van der Waals surface area contributed by atoms with Crippen molar-refractivity contribution in [1.82, 2.24) is 0 Å². The largest absolute Gasteiger partial charge is 0.322 e. The predicted molar refractivity (Wildman–Crippen MR) is 81.6 cm³/mol. The van der Waals surface area contributed by atoms with Crippen molar-refractivity contribution in [2.24, 2.45) is 0 Å². The highest BCUT2D eigenvalue weighted by Crippen LogP contribution is 2.23. The van der Waals surface area contributed by atoms with E-state index in [1.165, 1.54) is 18.2 Å². The zero-order valence-corrected chi connectivity index (χ0v) is 13.2. The molecule has 2 aromatic carbocycles. The molecule has 2 rings (SSSR count). The van der Waals surface area contributed by atoms with Gasteiger partial charge in [-0.1, -0.05) is 34.1 Å². The summed E-state index contributed by atoms with van der Waals surface area (Å²) in [7, 11) is 1.40. The maximum Gasteiger partial charge on any atom is 0.261 e. The van der Waals surface area contributed by atoms with Crippen molar-refractivity contribution in [2.75, 3.05) is 5.32 Å². The zero-order chi connectivity index (χ0) is 14.8. The number of anilines is 1. The highest BCUT2D eigenvalue weighted by atomic mass is 79.9. The Morgan fingerprint density at radius 2 is 1.75 bits per heavy atom. The molecule has 0 bridgehead atoms. The third kappa shape index (κ3) is 3.82. The summed E-state index contributed by atoms with van der Waals surface area (Å²) in [5.41, 5.74) is 0.815. The number of para-hydroxylation sites is 1. The van der Waals surface area contributed by atoms with E-state index in [2.05, 4.69) is 21.2 Å². The Hall–Kier alpha value is -1.37. The van der Waals surface area contributed by atoms with E-state index in [0.717, 1.165) is 0 Å². The van der Waals surface area contributed by atoms with Gasteiger partial charge in [-0.2, -0.15) is 0 Å². The lowest BCUT2D eigenvalue weighted by Gasteiger charge is -2.07. The number of hydrogen-bond donors (Lipinski definition) is 1. The topological polar surface area (TPSA) is 63.2 Å². The van der Waals surface area contributed by atoms with Gasteiger partial charge in [-0.3, -0.25) is 4.79 Å². The first-order chi connectivity index (χ1) is 9.36. The summed E-state index contributed by atoms with van der Waals surface area (Å²) in [5, 5.41) is 2.67. The number of hydrogen-bond acceptors (Lipinski definition) is 3. The van der Waals surface area contributed by atoms with Crippen LogP contribution in [0.1, 0.15) is 10.4 Å². The normalized spacial score (nSPS) is 11.1. The number of rotatable bonds is 3. The Bertz CT molecular complexity index is 747. The van der Waals surface area contributed by atoms with Gasteiger partial charge < -0.3 is 5.32 Å². The van der Waals surface area contributed by atoms with Crippen LogP contribution >= 0.6 is 26.6 Å². The first-order valence-corrected chi connectivity index (χ1v) is 8.58. The van der Waals surface area contributed by atoms with Crippen LogP contribution in [0.4, 0.5) is 5.69 Å². The van der Waals surface area contributed by atoms with Gasteiger partial charge in [0.05, 0.1) is 4.90 Å². The van der Waals surface area contributed by atoms with Crippen LogP contribution in [0.5, 0.6) is 0 Å². The minimum Gasteiger partial charge on any atom is -0.322 e. The Labute approximate surface area is 129 Å². The van der Waals surface area contributed by atoms with Crippen molar-refractivity contribution in [3.8, 4) is 0 Å². The van der Waals surface area contributed by atoms with Gasteiger partial charge in [0.25, 0.3) is 15.0 Å². The van der Waals surface area contributed by atoms with E-state index in [9.17, 15) is 13.2 Å². The standard InChI is InChI=1S/C13H9BrClNO3S/c14-10-6-9(7-12(8-10)20(15,18)19)13(17)16-11-4-2-1-3-5-11/h1-8H,(H,16,17). The lowest BCUT2D eigenvalue weighted by molar-refractivity contribution is 0.102. The second-order valence-electron chi connectivity index (χ2n) is 3.93. The molecule has 0 aliphatic rings. The van der Waals surface area contributed by atoms with Crippen molar-refractivity contribution in [1.29, 1.82) is 0 Å². The molecule has 0 saturated heterocycles. The Kier molecular flexibility index (Phi) is 4.47. The predicted octanol–water partition coefficient (Wildman–Crippen LogP) is 3.63. The lowest BCUT2D eigenvalue weighted by atomic mass is 10.2. The van der Waals surface area contributed by atoms with Gasteiger partial charge in [0.15, 0.2) is 0 Å². The number of nitrogens with one attached hydrogen (secondary N) is 1.